The van der Waals surface area contributed by atoms with E-state index in [1.807, 2.05) is 35.2 Å². The van der Waals surface area contributed by atoms with Crippen LogP contribution in [0.25, 0.3) is 0 Å². The van der Waals surface area contributed by atoms with Gasteiger partial charge in [-0.2, -0.15) is 0 Å². The fraction of sp³-hybridized carbons (Fsp3) is 0.462. The third-order valence-electron chi connectivity index (χ3n) is 6.59. The number of piperidine rings is 1. The van der Waals surface area contributed by atoms with Crippen LogP contribution in [0.3, 0.4) is 0 Å². The third kappa shape index (κ3) is 5.29. The number of rotatable bonds is 7. The topological polar surface area (TPSA) is 58.6 Å². The predicted molar refractivity (Wildman–Crippen MR) is 121 cm³/mol. The Bertz CT molecular complexity index is 972. The average Bonchev–Trinajstić information content (AvgIpc) is 3.66. The smallest absolute Gasteiger partial charge is 0.225 e. The van der Waals surface area contributed by atoms with Crippen molar-refractivity contribution in [2.24, 2.45) is 11.8 Å². The van der Waals surface area contributed by atoms with Gasteiger partial charge in [0, 0.05) is 31.5 Å². The fourth-order valence-corrected chi connectivity index (χ4v) is 4.49. The van der Waals surface area contributed by atoms with Gasteiger partial charge in [-0.15, -0.1) is 0 Å². The van der Waals surface area contributed by atoms with Crippen LogP contribution in [0.4, 0.5) is 4.39 Å². The van der Waals surface area contributed by atoms with Crippen molar-refractivity contribution >= 4 is 11.8 Å². The maximum Gasteiger partial charge on any atom is 0.225 e. The van der Waals surface area contributed by atoms with Crippen LogP contribution in [-0.2, 0) is 16.0 Å². The molecule has 1 N–H and O–H groups in total. The molecule has 170 valence electrons. The predicted octanol–water partition coefficient (Wildman–Crippen LogP) is 3.84. The van der Waals surface area contributed by atoms with Crippen molar-refractivity contribution in [2.75, 3.05) is 26.7 Å². The molecule has 2 atom stereocenters. The van der Waals surface area contributed by atoms with E-state index in [2.05, 4.69) is 5.32 Å². The van der Waals surface area contributed by atoms with Gasteiger partial charge >= 0.3 is 0 Å². The standard InChI is InChI=1S/C26H31FN2O3/c1-17-13-20(7-10-24(17)27)21-14-22(16-29(15-21)26(31)19-5-6-19)25(30)28-12-11-18-3-8-23(32-2)9-4-18/h3-4,7-10,13,19,21-22H,5-6,11-12,14-16H2,1-2H3,(H,28,30)/t21-,22-/m1/s1. The maximum absolute atomic E-state index is 13.8. The van der Waals surface area contributed by atoms with E-state index in [0.29, 0.717) is 31.6 Å². The molecule has 0 bridgehead atoms. The lowest BCUT2D eigenvalue weighted by molar-refractivity contribution is -0.137. The van der Waals surface area contributed by atoms with E-state index in [1.54, 1.807) is 20.1 Å². The molecular formula is C26H31FN2O3. The highest BCUT2D eigenvalue weighted by Gasteiger charge is 2.39. The molecule has 2 aromatic rings. The van der Waals surface area contributed by atoms with Crippen LogP contribution in [0.2, 0.25) is 0 Å². The summed E-state index contributed by atoms with van der Waals surface area (Å²) in [6, 6.07) is 12.9. The van der Waals surface area contributed by atoms with Crippen LogP contribution in [0.5, 0.6) is 5.75 Å². The molecule has 5 nitrogen and oxygen atoms in total. The highest BCUT2D eigenvalue weighted by atomic mass is 19.1. The fourth-order valence-electron chi connectivity index (χ4n) is 4.49. The zero-order chi connectivity index (χ0) is 22.7. The SMILES string of the molecule is COc1ccc(CCNC(=O)[C@@H]2C[C@@H](c3ccc(F)c(C)c3)CN(C(=O)C3CC3)C2)cc1. The Kier molecular flexibility index (Phi) is 6.77. The van der Waals surface area contributed by atoms with Crippen molar-refractivity contribution in [2.45, 2.75) is 38.5 Å². The van der Waals surface area contributed by atoms with Gasteiger partial charge in [0.15, 0.2) is 0 Å². The Morgan fingerprint density at radius 1 is 1.09 bits per heavy atom. The summed E-state index contributed by atoms with van der Waals surface area (Å²) in [4.78, 5) is 27.7. The molecule has 2 fully saturated rings. The number of carbonyl (C=O) groups excluding carboxylic acids is 2. The Morgan fingerprint density at radius 2 is 1.84 bits per heavy atom. The molecule has 1 aliphatic heterocycles. The lowest BCUT2D eigenvalue weighted by Crippen LogP contribution is -2.48. The molecule has 0 unspecified atom stereocenters. The summed E-state index contributed by atoms with van der Waals surface area (Å²) in [5.41, 5.74) is 2.71. The molecule has 32 heavy (non-hydrogen) atoms. The summed E-state index contributed by atoms with van der Waals surface area (Å²) in [5, 5.41) is 3.06. The van der Waals surface area contributed by atoms with E-state index in [-0.39, 0.29) is 35.4 Å². The van der Waals surface area contributed by atoms with Crippen molar-refractivity contribution < 1.29 is 18.7 Å². The molecule has 2 amide bonds. The molecular weight excluding hydrogens is 407 g/mol. The molecule has 1 heterocycles. The normalized spacial score (nSPS) is 20.7. The lowest BCUT2D eigenvalue weighted by Gasteiger charge is -2.37. The van der Waals surface area contributed by atoms with Gasteiger partial charge in [0.1, 0.15) is 11.6 Å². The Balaban J connectivity index is 1.41. The van der Waals surface area contributed by atoms with Crippen LogP contribution in [0, 0.1) is 24.6 Å². The number of carbonyl (C=O) groups is 2. The van der Waals surface area contributed by atoms with Crippen LogP contribution in [0.15, 0.2) is 42.5 Å². The first-order valence-electron chi connectivity index (χ1n) is 11.4. The number of halogens is 1. The van der Waals surface area contributed by atoms with Gasteiger partial charge in [0.25, 0.3) is 0 Å². The van der Waals surface area contributed by atoms with E-state index in [9.17, 15) is 14.0 Å². The Labute approximate surface area is 188 Å². The van der Waals surface area contributed by atoms with E-state index in [4.69, 9.17) is 4.74 Å². The van der Waals surface area contributed by atoms with E-state index < -0.39 is 0 Å². The summed E-state index contributed by atoms with van der Waals surface area (Å²) in [6.07, 6.45) is 3.27. The van der Waals surface area contributed by atoms with Crippen LogP contribution >= 0.6 is 0 Å². The average molecular weight is 439 g/mol. The molecule has 1 saturated carbocycles. The van der Waals surface area contributed by atoms with Gasteiger partial charge in [-0.05, 0) is 67.5 Å². The molecule has 1 saturated heterocycles. The van der Waals surface area contributed by atoms with E-state index >= 15 is 0 Å². The second-order valence-corrected chi connectivity index (χ2v) is 9.04. The summed E-state index contributed by atoms with van der Waals surface area (Å²) in [6.45, 7) is 3.34. The second kappa shape index (κ2) is 9.72. The zero-order valence-corrected chi connectivity index (χ0v) is 18.8. The van der Waals surface area contributed by atoms with Crippen LogP contribution in [-0.4, -0.2) is 43.5 Å². The first-order chi connectivity index (χ1) is 15.4. The number of nitrogens with zero attached hydrogens (tertiary/aromatic N) is 1. The summed E-state index contributed by atoms with van der Waals surface area (Å²) in [5.74, 6) is 0.592. The zero-order valence-electron chi connectivity index (χ0n) is 18.8. The molecule has 2 aromatic carbocycles. The maximum atomic E-state index is 13.8. The third-order valence-corrected chi connectivity index (χ3v) is 6.59. The number of hydrogen-bond donors (Lipinski definition) is 1. The minimum Gasteiger partial charge on any atom is -0.497 e. The first kappa shape index (κ1) is 22.3. The van der Waals surface area contributed by atoms with Crippen LogP contribution < -0.4 is 10.1 Å². The van der Waals surface area contributed by atoms with Crippen molar-refractivity contribution in [3.63, 3.8) is 0 Å². The van der Waals surface area contributed by atoms with Gasteiger partial charge < -0.3 is 15.0 Å². The molecule has 0 aromatic heterocycles. The summed E-state index contributed by atoms with van der Waals surface area (Å²) in [7, 11) is 1.64. The number of benzene rings is 2. The van der Waals surface area contributed by atoms with Gasteiger partial charge in [-0.3, -0.25) is 9.59 Å². The lowest BCUT2D eigenvalue weighted by atomic mass is 9.83. The van der Waals surface area contributed by atoms with E-state index in [1.165, 1.54) is 6.07 Å². The highest BCUT2D eigenvalue weighted by molar-refractivity contribution is 5.83. The Hall–Kier alpha value is -2.89. The number of ether oxygens (including phenoxy) is 1. The number of nitrogens with one attached hydrogen (secondary N) is 1. The van der Waals surface area contributed by atoms with E-state index in [0.717, 1.165) is 36.1 Å². The van der Waals surface area contributed by atoms with Crippen molar-refractivity contribution in [3.05, 3.63) is 65.0 Å². The minimum atomic E-state index is -0.266. The van der Waals surface area contributed by atoms with Gasteiger partial charge in [-0.1, -0.05) is 24.3 Å². The first-order valence-corrected chi connectivity index (χ1v) is 11.4. The summed E-state index contributed by atoms with van der Waals surface area (Å²) >= 11 is 0. The van der Waals surface area contributed by atoms with Gasteiger partial charge in [-0.25, -0.2) is 4.39 Å². The molecule has 1 aliphatic carbocycles. The van der Waals surface area contributed by atoms with Crippen molar-refractivity contribution in [1.29, 1.82) is 0 Å². The number of hydrogen-bond acceptors (Lipinski definition) is 3. The minimum absolute atomic E-state index is 0.0179. The Morgan fingerprint density at radius 3 is 2.50 bits per heavy atom. The second-order valence-electron chi connectivity index (χ2n) is 9.04. The largest absolute Gasteiger partial charge is 0.497 e. The highest BCUT2D eigenvalue weighted by Crippen LogP contribution is 2.36. The number of methoxy groups -OCH3 is 1. The number of likely N-dealkylation sites (tertiary alicyclic amines) is 1. The van der Waals surface area contributed by atoms with Gasteiger partial charge in [0.05, 0.1) is 13.0 Å². The molecule has 0 spiro atoms. The van der Waals surface area contributed by atoms with Crippen molar-refractivity contribution in [3.8, 4) is 5.75 Å². The monoisotopic (exact) mass is 438 g/mol. The van der Waals surface area contributed by atoms with Crippen LogP contribution in [0.1, 0.15) is 41.9 Å². The molecule has 0 radical (unpaired) electrons. The summed E-state index contributed by atoms with van der Waals surface area (Å²) < 4.78 is 19.0. The molecule has 4 rings (SSSR count). The quantitative estimate of drug-likeness (QED) is 0.715. The molecule has 2 aliphatic rings. The number of aryl methyl sites for hydroxylation is 1. The number of amides is 2. The molecule has 6 heteroatoms. The van der Waals surface area contributed by atoms with Gasteiger partial charge in [0.2, 0.25) is 11.8 Å². The van der Waals surface area contributed by atoms with Crippen molar-refractivity contribution in [1.82, 2.24) is 10.2 Å².